The highest BCUT2D eigenvalue weighted by atomic mass is 16.3. The maximum atomic E-state index is 12.0. The number of hydrogen-bond acceptors (Lipinski definition) is 3. The fourth-order valence-electron chi connectivity index (χ4n) is 8.12. The molecule has 0 bridgehead atoms. The Hall–Kier alpha value is -0.410. The van der Waals surface area contributed by atoms with Gasteiger partial charge in [-0.05, 0) is 84.9 Å². The van der Waals surface area contributed by atoms with Crippen molar-refractivity contribution in [2.75, 3.05) is 6.61 Å². The molecule has 142 valence electrons. The zero-order chi connectivity index (χ0) is 18.0. The Bertz CT molecular complexity index is 545. The van der Waals surface area contributed by atoms with Crippen molar-refractivity contribution in [3.63, 3.8) is 0 Å². The van der Waals surface area contributed by atoms with Crippen LogP contribution in [-0.2, 0) is 4.79 Å². The van der Waals surface area contributed by atoms with Crippen LogP contribution in [0.3, 0.4) is 0 Å². The molecule has 0 spiro atoms. The van der Waals surface area contributed by atoms with Gasteiger partial charge in [-0.3, -0.25) is 4.79 Å². The van der Waals surface area contributed by atoms with E-state index in [-0.39, 0.29) is 23.5 Å². The summed E-state index contributed by atoms with van der Waals surface area (Å²) in [7, 11) is 0. The second kappa shape index (κ2) is 6.05. The molecule has 9 unspecified atom stereocenters. The van der Waals surface area contributed by atoms with Crippen LogP contribution in [0.4, 0.5) is 0 Å². The predicted octanol–water partition coefficient (Wildman–Crippen LogP) is 3.81. The number of ketones is 1. The number of aliphatic hydroxyl groups excluding tert-OH is 2. The number of aliphatic hydroxyl groups is 2. The molecule has 0 saturated heterocycles. The van der Waals surface area contributed by atoms with Gasteiger partial charge in [0.25, 0.3) is 0 Å². The normalized spacial score (nSPS) is 53.7. The largest absolute Gasteiger partial charge is 0.396 e. The van der Waals surface area contributed by atoms with Crippen LogP contribution in [0.15, 0.2) is 0 Å². The molecule has 0 amide bonds. The van der Waals surface area contributed by atoms with Gasteiger partial charge in [0, 0.05) is 19.4 Å². The summed E-state index contributed by atoms with van der Waals surface area (Å²) in [5.74, 6) is 3.33. The number of hydrogen-bond donors (Lipinski definition) is 2. The summed E-state index contributed by atoms with van der Waals surface area (Å²) in [5, 5.41) is 20.9. The number of Topliss-reactive ketones (excluding diaryl/α,β-unsaturated/α-hetero) is 1. The Balaban J connectivity index is 1.64. The first-order valence-corrected chi connectivity index (χ1v) is 10.6. The van der Waals surface area contributed by atoms with Crippen molar-refractivity contribution in [3.05, 3.63) is 0 Å². The first-order chi connectivity index (χ1) is 11.8. The molecule has 0 heterocycles. The van der Waals surface area contributed by atoms with E-state index < -0.39 is 0 Å². The fourth-order valence-corrected chi connectivity index (χ4v) is 8.12. The smallest absolute Gasteiger partial charge is 0.133 e. The van der Waals surface area contributed by atoms with E-state index in [1.165, 1.54) is 25.7 Å². The van der Waals surface area contributed by atoms with E-state index in [0.29, 0.717) is 47.7 Å². The number of carbonyl (C=O) groups excluding carboxylic acids is 1. The molecular weight excluding hydrogens is 312 g/mol. The van der Waals surface area contributed by atoms with Crippen molar-refractivity contribution in [1.29, 1.82) is 0 Å². The van der Waals surface area contributed by atoms with E-state index in [9.17, 15) is 15.0 Å². The van der Waals surface area contributed by atoms with Gasteiger partial charge in [0.2, 0.25) is 0 Å². The molecule has 4 fully saturated rings. The first kappa shape index (κ1) is 18.0. The second-order valence-corrected chi connectivity index (χ2v) is 10.4. The quantitative estimate of drug-likeness (QED) is 0.798. The predicted molar refractivity (Wildman–Crippen MR) is 97.9 cm³/mol. The molecule has 3 nitrogen and oxygen atoms in total. The van der Waals surface area contributed by atoms with Crippen LogP contribution in [0.1, 0.15) is 72.1 Å². The van der Waals surface area contributed by atoms with Crippen LogP contribution in [0.2, 0.25) is 0 Å². The highest BCUT2D eigenvalue weighted by Crippen LogP contribution is 2.67. The van der Waals surface area contributed by atoms with E-state index in [1.807, 2.05) is 0 Å². The third-order valence-corrected chi connectivity index (χ3v) is 9.55. The van der Waals surface area contributed by atoms with Gasteiger partial charge < -0.3 is 10.2 Å². The van der Waals surface area contributed by atoms with Crippen LogP contribution in [0.5, 0.6) is 0 Å². The van der Waals surface area contributed by atoms with Gasteiger partial charge in [-0.25, -0.2) is 0 Å². The fraction of sp³-hybridized carbons (Fsp3) is 0.955. The summed E-state index contributed by atoms with van der Waals surface area (Å²) in [6.07, 6.45) is 7.92. The zero-order valence-electron chi connectivity index (χ0n) is 16.2. The lowest BCUT2D eigenvalue weighted by atomic mass is 9.44. The summed E-state index contributed by atoms with van der Waals surface area (Å²) in [6.45, 7) is 7.36. The molecule has 0 aromatic rings. The van der Waals surface area contributed by atoms with E-state index in [4.69, 9.17) is 0 Å². The lowest BCUT2D eigenvalue weighted by molar-refractivity contribution is -0.169. The molecular formula is C22H36O3. The number of fused-ring (bicyclic) bond motifs is 5. The average molecular weight is 349 g/mol. The molecule has 0 aromatic heterocycles. The van der Waals surface area contributed by atoms with Crippen LogP contribution in [0, 0.1) is 46.3 Å². The van der Waals surface area contributed by atoms with E-state index in [0.717, 1.165) is 19.3 Å². The Morgan fingerprint density at radius 1 is 1.12 bits per heavy atom. The molecule has 3 heteroatoms. The molecule has 0 aromatic carbocycles. The molecule has 0 radical (unpaired) electrons. The Labute approximate surface area is 152 Å². The van der Waals surface area contributed by atoms with Crippen LogP contribution < -0.4 is 0 Å². The van der Waals surface area contributed by atoms with Crippen LogP contribution in [-0.4, -0.2) is 28.7 Å². The third-order valence-electron chi connectivity index (χ3n) is 9.55. The van der Waals surface area contributed by atoms with Gasteiger partial charge in [0.05, 0.1) is 6.10 Å². The molecule has 4 aliphatic rings. The molecule has 4 saturated carbocycles. The topological polar surface area (TPSA) is 57.5 Å². The van der Waals surface area contributed by atoms with Crippen molar-refractivity contribution in [3.8, 4) is 0 Å². The van der Waals surface area contributed by atoms with Gasteiger partial charge in [0.1, 0.15) is 5.78 Å². The van der Waals surface area contributed by atoms with Gasteiger partial charge in [-0.1, -0.05) is 20.8 Å². The Morgan fingerprint density at radius 3 is 2.56 bits per heavy atom. The van der Waals surface area contributed by atoms with E-state index in [1.54, 1.807) is 0 Å². The van der Waals surface area contributed by atoms with Gasteiger partial charge >= 0.3 is 0 Å². The van der Waals surface area contributed by atoms with Crippen LogP contribution >= 0.6 is 0 Å². The maximum absolute atomic E-state index is 12.0. The summed E-state index contributed by atoms with van der Waals surface area (Å²) in [4.78, 5) is 12.0. The van der Waals surface area contributed by atoms with E-state index >= 15 is 0 Å². The Kier molecular flexibility index (Phi) is 4.35. The zero-order valence-corrected chi connectivity index (χ0v) is 16.2. The monoisotopic (exact) mass is 348 g/mol. The second-order valence-electron chi connectivity index (χ2n) is 10.4. The lowest BCUT2D eigenvalue weighted by Gasteiger charge is -2.61. The summed E-state index contributed by atoms with van der Waals surface area (Å²) < 4.78 is 0. The summed E-state index contributed by atoms with van der Waals surface area (Å²) in [5.41, 5.74) is 0.526. The van der Waals surface area contributed by atoms with Gasteiger partial charge in [0.15, 0.2) is 0 Å². The molecule has 4 rings (SSSR count). The lowest BCUT2D eigenvalue weighted by Crippen LogP contribution is -2.58. The third kappa shape index (κ3) is 2.48. The molecule has 4 aliphatic carbocycles. The average Bonchev–Trinajstić information content (AvgIpc) is 2.93. The SMILES string of the molecule is CC(CO)C1CCC2C3C(O)CC4CC(=O)CCC4(C)C3CCC12C. The Morgan fingerprint density at radius 2 is 1.84 bits per heavy atom. The molecule has 0 aliphatic heterocycles. The van der Waals surface area contributed by atoms with Crippen molar-refractivity contribution < 1.29 is 15.0 Å². The summed E-state index contributed by atoms with van der Waals surface area (Å²) >= 11 is 0. The van der Waals surface area contributed by atoms with Crippen molar-refractivity contribution in [1.82, 2.24) is 0 Å². The van der Waals surface area contributed by atoms with E-state index in [2.05, 4.69) is 20.8 Å². The number of rotatable bonds is 2. The minimum Gasteiger partial charge on any atom is -0.396 e. The molecule has 9 atom stereocenters. The molecule has 25 heavy (non-hydrogen) atoms. The van der Waals surface area contributed by atoms with Crippen LogP contribution in [0.25, 0.3) is 0 Å². The van der Waals surface area contributed by atoms with Crippen molar-refractivity contribution >= 4 is 5.78 Å². The maximum Gasteiger partial charge on any atom is 0.133 e. The minimum absolute atomic E-state index is 0.234. The first-order valence-electron chi connectivity index (χ1n) is 10.6. The standard InChI is InChI=1S/C22H36O3/c1-13(12-23)16-4-5-17-20-18(7-9-22(16,17)3)21(2)8-6-15(24)10-14(21)11-19(20)25/h13-14,16-20,23,25H,4-12H2,1-3H3. The van der Waals surface area contributed by atoms with Crippen molar-refractivity contribution in [2.45, 2.75) is 78.2 Å². The molecule has 2 N–H and O–H groups in total. The minimum atomic E-state index is -0.234. The van der Waals surface area contributed by atoms with Gasteiger partial charge in [-0.15, -0.1) is 0 Å². The van der Waals surface area contributed by atoms with Gasteiger partial charge in [-0.2, -0.15) is 0 Å². The highest BCUT2D eigenvalue weighted by molar-refractivity contribution is 5.79. The number of carbonyl (C=O) groups is 1. The van der Waals surface area contributed by atoms with Crippen molar-refractivity contribution in [2.24, 2.45) is 46.3 Å². The summed E-state index contributed by atoms with van der Waals surface area (Å²) in [6, 6.07) is 0. The highest BCUT2D eigenvalue weighted by Gasteiger charge is 2.62.